The van der Waals surface area contributed by atoms with Crippen LogP contribution in [0.2, 0.25) is 10.0 Å². The molecule has 12 nitrogen and oxygen atoms in total. The fraction of sp³-hybridized carbons (Fsp3) is 0.462. The number of carboxylic acids is 1. The number of nitrogens with one attached hydrogen (secondary N) is 1. The highest BCUT2D eigenvalue weighted by Gasteiger charge is 2.46. The van der Waals surface area contributed by atoms with Gasteiger partial charge in [0.15, 0.2) is 17.6 Å². The van der Waals surface area contributed by atoms with Crippen molar-refractivity contribution in [2.24, 2.45) is 0 Å². The van der Waals surface area contributed by atoms with E-state index in [1.54, 1.807) is 17.1 Å². The molecule has 14 heteroatoms. The number of benzene rings is 3. The molecule has 53 heavy (non-hydrogen) atoms. The molecule has 3 saturated heterocycles. The van der Waals surface area contributed by atoms with E-state index in [1.807, 2.05) is 53.4 Å². The molecule has 3 aromatic carbocycles. The molecule has 2 atom stereocenters. The molecule has 0 radical (unpaired) electrons. The Labute approximate surface area is 319 Å². The number of amides is 2. The first-order valence-corrected chi connectivity index (χ1v) is 18.5. The zero-order valence-electron chi connectivity index (χ0n) is 30.2. The van der Waals surface area contributed by atoms with Crippen LogP contribution in [0.15, 0.2) is 60.7 Å². The topological polar surface area (TPSA) is 130 Å². The number of methoxy groups -OCH3 is 3. The van der Waals surface area contributed by atoms with Crippen molar-refractivity contribution in [1.82, 2.24) is 20.2 Å². The Morgan fingerprint density at radius 2 is 1.57 bits per heavy atom. The van der Waals surface area contributed by atoms with E-state index in [1.165, 1.54) is 21.3 Å². The van der Waals surface area contributed by atoms with Crippen LogP contribution in [0.1, 0.15) is 47.2 Å². The van der Waals surface area contributed by atoms with E-state index in [9.17, 15) is 19.5 Å². The van der Waals surface area contributed by atoms with E-state index in [-0.39, 0.29) is 25.0 Å². The monoisotopic (exact) mass is 768 g/mol. The molecule has 2 N–H and O–H groups in total. The predicted molar refractivity (Wildman–Crippen MR) is 200 cm³/mol. The number of likely N-dealkylation sites (tertiary alicyclic amines) is 2. The Morgan fingerprint density at radius 1 is 0.868 bits per heavy atom. The summed E-state index contributed by atoms with van der Waals surface area (Å²) in [6.45, 7) is 3.80. The van der Waals surface area contributed by atoms with Gasteiger partial charge < -0.3 is 33.9 Å². The highest BCUT2D eigenvalue weighted by atomic mass is 35.5. The number of hydrazine groups is 1. The van der Waals surface area contributed by atoms with E-state index < -0.39 is 22.9 Å². The highest BCUT2D eigenvalue weighted by molar-refractivity contribution is 6.42. The number of aliphatic carboxylic acids is 1. The molecule has 0 aromatic heterocycles. The molecule has 0 saturated carbocycles. The first-order chi connectivity index (χ1) is 25.5. The summed E-state index contributed by atoms with van der Waals surface area (Å²) in [6.07, 6.45) is 1.65. The number of carbonyl (C=O) groups excluding carboxylic acids is 2. The van der Waals surface area contributed by atoms with Crippen molar-refractivity contribution >= 4 is 41.0 Å². The van der Waals surface area contributed by atoms with Gasteiger partial charge in [0.1, 0.15) is 0 Å². The fourth-order valence-electron chi connectivity index (χ4n) is 7.93. The molecule has 3 fully saturated rings. The van der Waals surface area contributed by atoms with Crippen LogP contribution < -0.4 is 19.6 Å². The van der Waals surface area contributed by atoms with Gasteiger partial charge in [-0.2, -0.15) is 0 Å². The quantitative estimate of drug-likeness (QED) is 0.259. The maximum atomic E-state index is 14.1. The lowest BCUT2D eigenvalue weighted by Crippen LogP contribution is -2.59. The van der Waals surface area contributed by atoms with Crippen LogP contribution in [-0.4, -0.2) is 118 Å². The number of carboxylic acid groups (broad SMARTS) is 1. The van der Waals surface area contributed by atoms with Gasteiger partial charge in [-0.3, -0.25) is 15.0 Å². The van der Waals surface area contributed by atoms with Gasteiger partial charge in [0.2, 0.25) is 11.7 Å². The van der Waals surface area contributed by atoms with Crippen molar-refractivity contribution in [3.8, 4) is 17.2 Å². The van der Waals surface area contributed by atoms with Gasteiger partial charge >= 0.3 is 5.97 Å². The standard InChI is InChI=1S/C39H46Cl2N4O8/c1-50-31-21-26(22-32(51-2)34(31)52-3)35(46)44-18-12-38(25-44,28-9-10-29(40)30(41)23-28)11-15-43-16-13-39(14-17-43,27-7-5-4-6-8-27)37(49)42-45-19-20-53-33(24-45)36(47)48/h4-10,21-23,33H,11-20,24-25H2,1-3H3,(H,42,49)(H,47,48). The molecule has 2 unspecified atom stereocenters. The second kappa shape index (κ2) is 16.5. The van der Waals surface area contributed by atoms with E-state index in [0.717, 1.165) is 30.5 Å². The lowest BCUT2D eigenvalue weighted by atomic mass is 9.71. The molecule has 6 rings (SSSR count). The molecule has 3 aromatic rings. The minimum atomic E-state index is -1.05. The number of rotatable bonds is 12. The summed E-state index contributed by atoms with van der Waals surface area (Å²) in [5.74, 6) is -0.100. The molecule has 3 aliphatic heterocycles. The summed E-state index contributed by atoms with van der Waals surface area (Å²) in [6, 6.07) is 18.9. The molecule has 0 bridgehead atoms. The van der Waals surface area contributed by atoms with Gasteiger partial charge in [0.25, 0.3) is 5.91 Å². The summed E-state index contributed by atoms with van der Waals surface area (Å²) in [7, 11) is 4.57. The molecule has 3 aliphatic rings. The minimum absolute atomic E-state index is 0.0773. The first kappa shape index (κ1) is 38.6. The normalized spacial score (nSPS) is 21.9. The SMILES string of the molecule is COc1cc(C(=O)N2CCC(CCN3CCC(C(=O)NN4CCOC(C(=O)O)C4)(c4ccccc4)CC3)(c3ccc(Cl)c(Cl)c3)C2)cc(OC)c1OC. The number of morpholine rings is 1. The molecular formula is C39H46Cl2N4O8. The van der Waals surface area contributed by atoms with Gasteiger partial charge in [-0.1, -0.05) is 59.6 Å². The Morgan fingerprint density at radius 3 is 2.19 bits per heavy atom. The third kappa shape index (κ3) is 8.07. The van der Waals surface area contributed by atoms with E-state index >= 15 is 0 Å². The van der Waals surface area contributed by atoms with Crippen molar-refractivity contribution in [2.45, 2.75) is 42.6 Å². The van der Waals surface area contributed by atoms with Crippen LogP contribution in [0, 0.1) is 0 Å². The number of halogens is 2. The van der Waals surface area contributed by atoms with Crippen LogP contribution >= 0.6 is 23.2 Å². The zero-order valence-corrected chi connectivity index (χ0v) is 31.8. The Bertz CT molecular complexity index is 1780. The van der Waals surface area contributed by atoms with Crippen molar-refractivity contribution in [3.63, 3.8) is 0 Å². The maximum absolute atomic E-state index is 14.1. The zero-order chi connectivity index (χ0) is 37.8. The third-order valence-electron chi connectivity index (χ3n) is 11.1. The van der Waals surface area contributed by atoms with E-state index in [2.05, 4.69) is 10.3 Å². The number of hydrogen-bond donors (Lipinski definition) is 2. The molecule has 0 aliphatic carbocycles. The summed E-state index contributed by atoms with van der Waals surface area (Å²) >= 11 is 12.9. The predicted octanol–water partition coefficient (Wildman–Crippen LogP) is 5.04. The van der Waals surface area contributed by atoms with Gasteiger partial charge in [-0.05, 0) is 80.7 Å². The van der Waals surface area contributed by atoms with Crippen LogP contribution in [-0.2, 0) is 25.2 Å². The second-order valence-electron chi connectivity index (χ2n) is 13.9. The van der Waals surface area contributed by atoms with Crippen LogP contribution in [0.3, 0.4) is 0 Å². The number of piperidine rings is 1. The summed E-state index contributed by atoms with van der Waals surface area (Å²) < 4.78 is 21.9. The fourth-order valence-corrected chi connectivity index (χ4v) is 8.23. The van der Waals surface area contributed by atoms with Crippen LogP contribution in [0.5, 0.6) is 17.2 Å². The number of hydrogen-bond acceptors (Lipinski definition) is 9. The van der Waals surface area contributed by atoms with Crippen molar-refractivity contribution in [3.05, 3.63) is 87.4 Å². The highest BCUT2D eigenvalue weighted by Crippen LogP contribution is 2.43. The molecular weight excluding hydrogens is 723 g/mol. The minimum Gasteiger partial charge on any atom is -0.493 e. The number of carbonyl (C=O) groups is 3. The van der Waals surface area contributed by atoms with Gasteiger partial charge in [-0.15, -0.1) is 0 Å². The average molecular weight is 770 g/mol. The lowest BCUT2D eigenvalue weighted by molar-refractivity contribution is -0.160. The largest absolute Gasteiger partial charge is 0.493 e. The van der Waals surface area contributed by atoms with E-state index in [0.29, 0.717) is 78.4 Å². The third-order valence-corrected chi connectivity index (χ3v) is 11.8. The molecule has 0 spiro atoms. The van der Waals surface area contributed by atoms with Crippen LogP contribution in [0.25, 0.3) is 0 Å². The summed E-state index contributed by atoms with van der Waals surface area (Å²) in [5, 5.41) is 12.1. The van der Waals surface area contributed by atoms with Crippen molar-refractivity contribution < 1.29 is 38.4 Å². The molecule has 2 amide bonds. The number of ether oxygens (including phenoxy) is 4. The Hall–Kier alpha value is -4.07. The molecule has 284 valence electrons. The Balaban J connectivity index is 1.19. The van der Waals surface area contributed by atoms with Gasteiger partial charge in [0.05, 0.1) is 49.9 Å². The van der Waals surface area contributed by atoms with E-state index in [4.69, 9.17) is 42.1 Å². The molecule has 3 heterocycles. The Kier molecular flexibility index (Phi) is 12.0. The van der Waals surface area contributed by atoms with Crippen molar-refractivity contribution in [2.75, 3.05) is 73.7 Å². The smallest absolute Gasteiger partial charge is 0.334 e. The lowest BCUT2D eigenvalue weighted by Gasteiger charge is -2.43. The summed E-state index contributed by atoms with van der Waals surface area (Å²) in [4.78, 5) is 44.0. The van der Waals surface area contributed by atoms with Crippen molar-refractivity contribution in [1.29, 1.82) is 0 Å². The second-order valence-corrected chi connectivity index (χ2v) is 14.7. The van der Waals surface area contributed by atoms with Gasteiger partial charge in [0, 0.05) is 30.6 Å². The average Bonchev–Trinajstić information content (AvgIpc) is 3.63. The maximum Gasteiger partial charge on any atom is 0.334 e. The van der Waals surface area contributed by atoms with Gasteiger partial charge in [-0.25, -0.2) is 9.80 Å². The van der Waals surface area contributed by atoms with Crippen LogP contribution in [0.4, 0.5) is 0 Å². The first-order valence-electron chi connectivity index (χ1n) is 17.8. The number of nitrogens with zero attached hydrogens (tertiary/aromatic N) is 3. The summed E-state index contributed by atoms with van der Waals surface area (Å²) in [5.41, 5.74) is 4.25.